The Morgan fingerprint density at radius 3 is 2.69 bits per heavy atom. The monoisotopic (exact) mass is 354 g/mol. The van der Waals surface area contributed by atoms with Gasteiger partial charge < -0.3 is 24.4 Å². The van der Waals surface area contributed by atoms with Crippen molar-refractivity contribution < 1.29 is 24.4 Å². The molecule has 0 spiro atoms. The van der Waals surface area contributed by atoms with Gasteiger partial charge in [-0.2, -0.15) is 0 Å². The number of hydrogen-bond donors (Lipinski definition) is 2. The van der Waals surface area contributed by atoms with Gasteiger partial charge in [0.15, 0.2) is 11.5 Å². The summed E-state index contributed by atoms with van der Waals surface area (Å²) < 4.78 is 17.5. The molecule has 0 unspecified atom stereocenters. The van der Waals surface area contributed by atoms with Crippen molar-refractivity contribution in [2.75, 3.05) is 13.7 Å². The fraction of sp³-hybridized carbons (Fsp3) is 0.333. The maximum absolute atomic E-state index is 10.8. The van der Waals surface area contributed by atoms with Gasteiger partial charge in [-0.15, -0.1) is 6.58 Å². The van der Waals surface area contributed by atoms with Gasteiger partial charge in [0, 0.05) is 28.2 Å². The molecule has 2 aromatic carbocycles. The highest BCUT2D eigenvalue weighted by atomic mass is 16.5. The van der Waals surface area contributed by atoms with Crippen LogP contribution in [-0.2, 0) is 5.41 Å². The van der Waals surface area contributed by atoms with Crippen LogP contribution in [0.2, 0.25) is 0 Å². The predicted molar refractivity (Wildman–Crippen MR) is 97.6 cm³/mol. The number of ether oxygens (including phenoxy) is 3. The first-order valence-electron chi connectivity index (χ1n) is 8.57. The van der Waals surface area contributed by atoms with Gasteiger partial charge in [-0.1, -0.05) is 19.9 Å². The summed E-state index contributed by atoms with van der Waals surface area (Å²) in [6.45, 7) is 8.36. The van der Waals surface area contributed by atoms with Gasteiger partial charge in [-0.3, -0.25) is 0 Å². The van der Waals surface area contributed by atoms with Crippen LogP contribution in [0.4, 0.5) is 0 Å². The van der Waals surface area contributed by atoms with E-state index in [9.17, 15) is 10.2 Å². The van der Waals surface area contributed by atoms with Crippen LogP contribution in [0.15, 0.2) is 36.9 Å². The fourth-order valence-electron chi connectivity index (χ4n) is 3.74. The first-order chi connectivity index (χ1) is 12.4. The van der Waals surface area contributed by atoms with Crippen LogP contribution >= 0.6 is 0 Å². The van der Waals surface area contributed by atoms with Gasteiger partial charge in [-0.25, -0.2) is 0 Å². The number of phenolic OH excluding ortho intramolecular Hbond substituents is 2. The predicted octanol–water partition coefficient (Wildman–Crippen LogP) is 4.18. The summed E-state index contributed by atoms with van der Waals surface area (Å²) in [6.07, 6.45) is 1.56. The number of phenols is 2. The molecule has 2 N–H and O–H groups in total. The molecule has 26 heavy (non-hydrogen) atoms. The number of allylic oxidation sites excluding steroid dienone is 1. The van der Waals surface area contributed by atoms with Crippen LogP contribution in [0.3, 0.4) is 0 Å². The molecule has 0 bridgehead atoms. The first kappa shape index (κ1) is 16.6. The van der Waals surface area contributed by atoms with Gasteiger partial charge in [0.25, 0.3) is 0 Å². The largest absolute Gasteiger partial charge is 0.508 e. The van der Waals surface area contributed by atoms with E-state index < -0.39 is 0 Å². The highest BCUT2D eigenvalue weighted by Crippen LogP contribution is 2.58. The van der Waals surface area contributed by atoms with E-state index in [1.165, 1.54) is 7.11 Å². The van der Waals surface area contributed by atoms with Gasteiger partial charge in [0.05, 0.1) is 19.6 Å². The molecule has 0 amide bonds. The Labute approximate surface area is 152 Å². The smallest absolute Gasteiger partial charge is 0.201 e. The highest BCUT2D eigenvalue weighted by molar-refractivity contribution is 5.65. The summed E-state index contributed by atoms with van der Waals surface area (Å²) >= 11 is 0. The molecule has 0 saturated heterocycles. The van der Waals surface area contributed by atoms with Gasteiger partial charge in [0.1, 0.15) is 17.6 Å². The quantitative estimate of drug-likeness (QED) is 0.810. The Kier molecular flexibility index (Phi) is 3.58. The standard InChI is InChI=1S/C21H22O5/c1-5-21(2,3)15-9-13-14-10-25-16-8-11(22)6-7-12(16)18(14)26-19(13)17(23)20(15)24-4/h5-9,14,18,22-23H,1,10H2,2-4H3/t14-,18-/m1/s1. The second-order valence-corrected chi connectivity index (χ2v) is 7.33. The van der Waals surface area contributed by atoms with Gasteiger partial charge in [-0.05, 0) is 18.2 Å². The number of methoxy groups -OCH3 is 1. The molecule has 2 aliphatic heterocycles. The maximum Gasteiger partial charge on any atom is 0.201 e. The summed E-state index contributed by atoms with van der Waals surface area (Å²) in [6, 6.07) is 7.03. The molecule has 0 saturated carbocycles. The minimum Gasteiger partial charge on any atom is -0.508 e. The molecule has 136 valence electrons. The lowest BCUT2D eigenvalue weighted by molar-refractivity contribution is 0.136. The number of rotatable bonds is 3. The zero-order chi connectivity index (χ0) is 18.6. The Hall–Kier alpha value is -2.82. The van der Waals surface area contributed by atoms with E-state index in [0.717, 1.165) is 16.7 Å². The average molecular weight is 354 g/mol. The molecule has 2 atom stereocenters. The number of aromatic hydroxyl groups is 2. The van der Waals surface area contributed by atoms with Crippen molar-refractivity contribution in [3.8, 4) is 28.7 Å². The molecular formula is C21H22O5. The summed E-state index contributed by atoms with van der Waals surface area (Å²) in [5, 5.41) is 20.5. The van der Waals surface area contributed by atoms with Crippen molar-refractivity contribution in [3.05, 3.63) is 53.6 Å². The molecule has 0 aliphatic carbocycles. The van der Waals surface area contributed by atoms with Crippen molar-refractivity contribution in [1.29, 1.82) is 0 Å². The Bertz CT molecular complexity index is 900. The Morgan fingerprint density at radius 2 is 2.00 bits per heavy atom. The second kappa shape index (κ2) is 5.59. The molecule has 0 radical (unpaired) electrons. The second-order valence-electron chi connectivity index (χ2n) is 7.33. The molecule has 4 rings (SSSR count). The van der Waals surface area contributed by atoms with Crippen LogP contribution in [0.1, 0.15) is 42.6 Å². The normalized spacial score (nSPS) is 20.3. The third kappa shape index (κ3) is 2.23. The Balaban J connectivity index is 1.87. The molecule has 2 heterocycles. The van der Waals surface area contributed by atoms with Crippen molar-refractivity contribution in [2.24, 2.45) is 0 Å². The molecule has 5 nitrogen and oxygen atoms in total. The van der Waals surface area contributed by atoms with E-state index in [0.29, 0.717) is 23.9 Å². The minimum absolute atomic E-state index is 0.00431. The summed E-state index contributed by atoms with van der Waals surface area (Å²) in [7, 11) is 1.54. The average Bonchev–Trinajstić information content (AvgIpc) is 3.00. The summed E-state index contributed by atoms with van der Waals surface area (Å²) in [4.78, 5) is 0. The van der Waals surface area contributed by atoms with Gasteiger partial charge >= 0.3 is 0 Å². The highest BCUT2D eigenvalue weighted by Gasteiger charge is 2.44. The fourth-order valence-corrected chi connectivity index (χ4v) is 3.74. The van der Waals surface area contributed by atoms with Crippen LogP contribution in [0.5, 0.6) is 28.7 Å². The third-order valence-electron chi connectivity index (χ3n) is 5.38. The van der Waals surface area contributed by atoms with Crippen LogP contribution < -0.4 is 14.2 Å². The number of hydrogen-bond acceptors (Lipinski definition) is 5. The van der Waals surface area contributed by atoms with Crippen molar-refractivity contribution in [2.45, 2.75) is 31.3 Å². The van der Waals surface area contributed by atoms with E-state index in [1.807, 2.05) is 26.0 Å². The SMILES string of the molecule is C=CC(C)(C)c1cc2c(c(O)c1OC)O[C@@H]1c3ccc(O)cc3OC[C@H]21. The van der Waals surface area contributed by atoms with Crippen LogP contribution in [-0.4, -0.2) is 23.9 Å². The molecule has 5 heteroatoms. The van der Waals surface area contributed by atoms with Crippen molar-refractivity contribution >= 4 is 0 Å². The first-order valence-corrected chi connectivity index (χ1v) is 8.57. The van der Waals surface area contributed by atoms with Gasteiger partial charge in [0.2, 0.25) is 5.75 Å². The minimum atomic E-state index is -0.380. The lowest BCUT2D eigenvalue weighted by Crippen LogP contribution is -2.23. The Morgan fingerprint density at radius 1 is 1.23 bits per heavy atom. The van der Waals surface area contributed by atoms with E-state index in [4.69, 9.17) is 14.2 Å². The molecule has 2 aliphatic rings. The summed E-state index contributed by atoms with van der Waals surface area (Å²) in [5.74, 6) is 1.56. The summed E-state index contributed by atoms with van der Waals surface area (Å²) in [5.41, 5.74) is 2.23. The van der Waals surface area contributed by atoms with E-state index >= 15 is 0 Å². The zero-order valence-corrected chi connectivity index (χ0v) is 15.1. The maximum atomic E-state index is 10.8. The number of benzene rings is 2. The van der Waals surface area contributed by atoms with E-state index in [1.54, 1.807) is 18.2 Å². The molecular weight excluding hydrogens is 332 g/mol. The van der Waals surface area contributed by atoms with Crippen molar-refractivity contribution in [3.63, 3.8) is 0 Å². The van der Waals surface area contributed by atoms with E-state index in [2.05, 4.69) is 6.58 Å². The van der Waals surface area contributed by atoms with Crippen LogP contribution in [0.25, 0.3) is 0 Å². The topological polar surface area (TPSA) is 68.2 Å². The third-order valence-corrected chi connectivity index (χ3v) is 5.38. The number of fused-ring (bicyclic) bond motifs is 5. The van der Waals surface area contributed by atoms with E-state index in [-0.39, 0.29) is 28.9 Å². The zero-order valence-electron chi connectivity index (χ0n) is 15.1. The molecule has 0 aromatic heterocycles. The van der Waals surface area contributed by atoms with Crippen LogP contribution in [0, 0.1) is 0 Å². The molecule has 2 aromatic rings. The van der Waals surface area contributed by atoms with Crippen molar-refractivity contribution in [1.82, 2.24) is 0 Å². The molecule has 0 fully saturated rings. The lowest BCUT2D eigenvalue weighted by atomic mass is 9.80. The lowest BCUT2D eigenvalue weighted by Gasteiger charge is -2.28.